The number of ketones is 1. The molecule has 4 rings (SSSR count). The molecule has 0 aliphatic carbocycles. The summed E-state index contributed by atoms with van der Waals surface area (Å²) >= 11 is 0. The molecule has 2 aromatic carbocycles. The summed E-state index contributed by atoms with van der Waals surface area (Å²) in [6.45, 7) is 7.21. The molecule has 0 amide bonds. The van der Waals surface area contributed by atoms with Crippen molar-refractivity contribution in [3.8, 4) is 0 Å². The highest BCUT2D eigenvalue weighted by molar-refractivity contribution is 6.09. The van der Waals surface area contributed by atoms with Crippen LogP contribution >= 0.6 is 24.8 Å². The number of rotatable bonds is 6. The lowest BCUT2D eigenvalue weighted by Gasteiger charge is -2.43. The Balaban J connectivity index is 0.00000171. The Morgan fingerprint density at radius 1 is 0.875 bits per heavy atom. The molecule has 2 aliphatic rings. The SMILES string of the molecule is CC(c1cccc(C(=O)c2ccccc2)c1)N1CCCCC1CN1CCCCC1.Cl.Cl.O. The number of piperidine rings is 2. The number of benzene rings is 2. The molecule has 2 heterocycles. The molecule has 2 N–H and O–H groups in total. The van der Waals surface area contributed by atoms with Gasteiger partial charge < -0.3 is 10.4 Å². The van der Waals surface area contributed by atoms with E-state index in [4.69, 9.17) is 0 Å². The van der Waals surface area contributed by atoms with Gasteiger partial charge in [-0.3, -0.25) is 9.69 Å². The third-order valence-electron chi connectivity index (χ3n) is 6.75. The van der Waals surface area contributed by atoms with Crippen molar-refractivity contribution in [2.75, 3.05) is 26.2 Å². The number of hydrogen-bond acceptors (Lipinski definition) is 3. The second kappa shape index (κ2) is 14.0. The first kappa shape index (κ1) is 28.6. The van der Waals surface area contributed by atoms with Gasteiger partial charge in [-0.2, -0.15) is 0 Å². The zero-order valence-corrected chi connectivity index (χ0v) is 20.7. The fourth-order valence-electron chi connectivity index (χ4n) is 5.06. The van der Waals surface area contributed by atoms with E-state index in [-0.39, 0.29) is 36.1 Å². The fraction of sp³-hybridized carbons (Fsp3) is 0.500. The quantitative estimate of drug-likeness (QED) is 0.524. The highest BCUT2D eigenvalue weighted by Crippen LogP contribution is 2.30. The summed E-state index contributed by atoms with van der Waals surface area (Å²) in [7, 11) is 0. The molecule has 2 fully saturated rings. The average molecular weight is 482 g/mol. The summed E-state index contributed by atoms with van der Waals surface area (Å²) in [6, 6.07) is 18.9. The average Bonchev–Trinajstić information content (AvgIpc) is 2.80. The Morgan fingerprint density at radius 2 is 1.53 bits per heavy atom. The van der Waals surface area contributed by atoms with Gasteiger partial charge in [-0.25, -0.2) is 0 Å². The molecule has 2 aliphatic heterocycles. The number of halogens is 2. The second-order valence-electron chi connectivity index (χ2n) is 8.75. The minimum atomic E-state index is 0. The van der Waals surface area contributed by atoms with Gasteiger partial charge in [0.2, 0.25) is 0 Å². The van der Waals surface area contributed by atoms with E-state index >= 15 is 0 Å². The summed E-state index contributed by atoms with van der Waals surface area (Å²) < 4.78 is 0. The summed E-state index contributed by atoms with van der Waals surface area (Å²) in [5.74, 6) is 0.114. The lowest BCUT2D eigenvalue weighted by Crippen LogP contribution is -2.48. The first-order valence-electron chi connectivity index (χ1n) is 11.4. The van der Waals surface area contributed by atoms with Crippen LogP contribution in [0.15, 0.2) is 54.6 Å². The normalized spacial score (nSPS) is 20.2. The minimum Gasteiger partial charge on any atom is -0.412 e. The van der Waals surface area contributed by atoms with Crippen molar-refractivity contribution >= 4 is 30.6 Å². The third-order valence-corrected chi connectivity index (χ3v) is 6.75. The van der Waals surface area contributed by atoms with Gasteiger partial charge in [0.05, 0.1) is 0 Å². The molecule has 32 heavy (non-hydrogen) atoms. The van der Waals surface area contributed by atoms with Gasteiger partial charge in [-0.1, -0.05) is 61.4 Å². The Morgan fingerprint density at radius 3 is 2.25 bits per heavy atom. The zero-order chi connectivity index (χ0) is 20.1. The van der Waals surface area contributed by atoms with Crippen LogP contribution in [0.25, 0.3) is 0 Å². The first-order chi connectivity index (χ1) is 14.2. The van der Waals surface area contributed by atoms with E-state index in [9.17, 15) is 4.79 Å². The summed E-state index contributed by atoms with van der Waals surface area (Å²) in [5, 5.41) is 0. The van der Waals surface area contributed by atoms with Crippen LogP contribution in [0.4, 0.5) is 0 Å². The first-order valence-corrected chi connectivity index (χ1v) is 11.4. The molecule has 0 radical (unpaired) electrons. The Labute approximate surface area is 205 Å². The van der Waals surface area contributed by atoms with E-state index in [1.165, 1.54) is 63.7 Å². The van der Waals surface area contributed by atoms with E-state index in [1.807, 2.05) is 42.5 Å². The maximum Gasteiger partial charge on any atom is 0.193 e. The van der Waals surface area contributed by atoms with Gasteiger partial charge in [-0.15, -0.1) is 24.8 Å². The highest BCUT2D eigenvalue weighted by atomic mass is 35.5. The maximum atomic E-state index is 12.9. The van der Waals surface area contributed by atoms with E-state index < -0.39 is 0 Å². The van der Waals surface area contributed by atoms with E-state index in [1.54, 1.807) is 0 Å². The Bertz CT molecular complexity index is 812. The molecular formula is C26H38Cl2N2O2. The van der Waals surface area contributed by atoms with E-state index in [0.29, 0.717) is 12.1 Å². The van der Waals surface area contributed by atoms with Crippen LogP contribution in [0.3, 0.4) is 0 Å². The van der Waals surface area contributed by atoms with Crippen molar-refractivity contribution in [3.05, 3.63) is 71.3 Å². The van der Waals surface area contributed by atoms with Crippen LogP contribution in [0.2, 0.25) is 0 Å². The van der Waals surface area contributed by atoms with E-state index in [2.05, 4.69) is 28.9 Å². The highest BCUT2D eigenvalue weighted by Gasteiger charge is 2.29. The van der Waals surface area contributed by atoms with Gasteiger partial charge in [0, 0.05) is 29.8 Å². The topological polar surface area (TPSA) is 55.1 Å². The van der Waals surface area contributed by atoms with Gasteiger partial charge in [0.15, 0.2) is 5.78 Å². The smallest absolute Gasteiger partial charge is 0.193 e. The molecule has 0 spiro atoms. The molecule has 0 saturated carbocycles. The number of likely N-dealkylation sites (tertiary alicyclic amines) is 2. The van der Waals surface area contributed by atoms with Gasteiger partial charge in [-0.05, 0) is 63.9 Å². The fourth-order valence-corrected chi connectivity index (χ4v) is 5.06. The largest absolute Gasteiger partial charge is 0.412 e. The molecular weight excluding hydrogens is 443 g/mol. The van der Waals surface area contributed by atoms with E-state index in [0.717, 1.165) is 17.7 Å². The number of nitrogens with zero attached hydrogens (tertiary/aromatic N) is 2. The molecule has 0 bridgehead atoms. The summed E-state index contributed by atoms with van der Waals surface area (Å²) in [6.07, 6.45) is 8.02. The molecule has 4 nitrogen and oxygen atoms in total. The zero-order valence-electron chi connectivity index (χ0n) is 19.0. The van der Waals surface area contributed by atoms with Crippen LogP contribution in [0, 0.1) is 0 Å². The number of carbonyl (C=O) groups excluding carboxylic acids is 1. The standard InChI is InChI=1S/C26H34N2O.2ClH.H2O/c1-21(28-18-9-6-15-25(28)20-27-16-7-3-8-17-27)23-13-10-14-24(19-23)26(29)22-11-4-2-5-12-22;;;/h2,4-5,10-14,19,21,25H,3,6-9,15-18,20H2,1H3;2*1H;1H2. The van der Waals surface area contributed by atoms with Gasteiger partial charge >= 0.3 is 0 Å². The lowest BCUT2D eigenvalue weighted by molar-refractivity contribution is 0.0654. The third kappa shape index (κ3) is 7.03. The molecule has 6 heteroatoms. The van der Waals surface area contributed by atoms with Crippen molar-refractivity contribution in [1.29, 1.82) is 0 Å². The van der Waals surface area contributed by atoms with Crippen LogP contribution in [-0.2, 0) is 0 Å². The van der Waals surface area contributed by atoms with Crippen LogP contribution in [0.1, 0.15) is 73.0 Å². The van der Waals surface area contributed by atoms with Crippen LogP contribution in [0.5, 0.6) is 0 Å². The maximum absolute atomic E-state index is 12.9. The Kier molecular flexibility index (Phi) is 12.5. The predicted octanol–water partition coefficient (Wildman–Crippen LogP) is 5.34. The molecule has 178 valence electrons. The van der Waals surface area contributed by atoms with Crippen molar-refractivity contribution in [1.82, 2.24) is 9.80 Å². The molecule has 2 aromatic rings. The monoisotopic (exact) mass is 480 g/mol. The lowest BCUT2D eigenvalue weighted by atomic mass is 9.94. The predicted molar refractivity (Wildman–Crippen MR) is 137 cm³/mol. The minimum absolute atomic E-state index is 0. The van der Waals surface area contributed by atoms with Gasteiger partial charge in [0.25, 0.3) is 0 Å². The van der Waals surface area contributed by atoms with Gasteiger partial charge in [0.1, 0.15) is 0 Å². The van der Waals surface area contributed by atoms with Crippen LogP contribution in [-0.4, -0.2) is 53.3 Å². The summed E-state index contributed by atoms with van der Waals surface area (Å²) in [4.78, 5) is 18.3. The second-order valence-corrected chi connectivity index (χ2v) is 8.75. The molecule has 0 aromatic heterocycles. The number of carbonyl (C=O) groups is 1. The van der Waals surface area contributed by atoms with Crippen molar-refractivity contribution in [2.45, 2.75) is 57.5 Å². The van der Waals surface area contributed by atoms with Crippen molar-refractivity contribution in [3.63, 3.8) is 0 Å². The number of hydrogen-bond donors (Lipinski definition) is 0. The van der Waals surface area contributed by atoms with Crippen molar-refractivity contribution < 1.29 is 10.3 Å². The molecule has 2 atom stereocenters. The molecule has 2 saturated heterocycles. The molecule has 2 unspecified atom stereocenters. The Hall–Kier alpha value is -1.43. The van der Waals surface area contributed by atoms with Crippen molar-refractivity contribution in [2.24, 2.45) is 0 Å². The summed E-state index contributed by atoms with van der Waals surface area (Å²) in [5.41, 5.74) is 2.82. The van der Waals surface area contributed by atoms with Crippen LogP contribution < -0.4 is 0 Å².